The Morgan fingerprint density at radius 2 is 1.83 bits per heavy atom. The molecule has 4 nitrogen and oxygen atoms in total. The Balaban J connectivity index is 1.61. The van der Waals surface area contributed by atoms with Crippen LogP contribution in [0.3, 0.4) is 0 Å². The van der Waals surface area contributed by atoms with Crippen molar-refractivity contribution in [2.45, 2.75) is 26.2 Å². The van der Waals surface area contributed by atoms with E-state index in [0.717, 1.165) is 28.9 Å². The molecule has 0 amide bonds. The van der Waals surface area contributed by atoms with Gasteiger partial charge in [0, 0.05) is 5.39 Å². The maximum atomic E-state index is 5.99. The lowest BCUT2D eigenvalue weighted by atomic mass is 9.98. The van der Waals surface area contributed by atoms with Crippen LogP contribution in [-0.4, -0.2) is 23.1 Å². The summed E-state index contributed by atoms with van der Waals surface area (Å²) in [5, 5.41) is 4.37. The molecule has 0 bridgehead atoms. The fraction of sp³-hybridized carbons (Fsp3) is 0.300. The summed E-state index contributed by atoms with van der Waals surface area (Å²) in [5.41, 5.74) is 2.21. The molecule has 3 rings (SSSR count). The molecular weight excluding hydrogens is 298 g/mol. The van der Waals surface area contributed by atoms with Crippen molar-refractivity contribution in [3.05, 3.63) is 60.4 Å². The van der Waals surface area contributed by atoms with E-state index in [4.69, 9.17) is 4.74 Å². The fourth-order valence-electron chi connectivity index (χ4n) is 2.72. The van der Waals surface area contributed by atoms with Gasteiger partial charge >= 0.3 is 0 Å². The van der Waals surface area contributed by atoms with Gasteiger partial charge in [-0.05, 0) is 36.1 Å². The Labute approximate surface area is 142 Å². The van der Waals surface area contributed by atoms with Crippen molar-refractivity contribution >= 4 is 16.7 Å². The van der Waals surface area contributed by atoms with Gasteiger partial charge in [0.15, 0.2) is 0 Å². The first kappa shape index (κ1) is 16.2. The van der Waals surface area contributed by atoms with E-state index in [9.17, 15) is 0 Å². The number of rotatable bonds is 7. The zero-order valence-corrected chi connectivity index (χ0v) is 14.2. The number of ether oxygens (including phenoxy) is 1. The monoisotopic (exact) mass is 321 g/mol. The molecule has 1 N–H and O–H groups in total. The smallest absolute Gasteiger partial charge is 0.137 e. The van der Waals surface area contributed by atoms with Crippen molar-refractivity contribution in [2.75, 3.05) is 18.5 Å². The number of hydrogen-bond donors (Lipinski definition) is 1. The Morgan fingerprint density at radius 3 is 2.71 bits per heavy atom. The number of aromatic nitrogens is 2. The summed E-state index contributed by atoms with van der Waals surface area (Å²) in [7, 11) is 0. The minimum atomic E-state index is 0.500. The van der Waals surface area contributed by atoms with Crippen LogP contribution < -0.4 is 10.1 Å². The molecule has 1 atom stereocenters. The molecule has 1 heterocycles. The van der Waals surface area contributed by atoms with Gasteiger partial charge in [0.1, 0.15) is 24.5 Å². The predicted octanol–water partition coefficient (Wildman–Crippen LogP) is 4.63. The summed E-state index contributed by atoms with van der Waals surface area (Å²) in [4.78, 5) is 8.61. The average Bonchev–Trinajstić information content (AvgIpc) is 2.65. The second-order valence-corrected chi connectivity index (χ2v) is 5.86. The van der Waals surface area contributed by atoms with Crippen LogP contribution in [0.5, 0.6) is 5.75 Å². The quantitative estimate of drug-likeness (QED) is 0.644. The number of fused-ring (bicyclic) bond motifs is 1. The summed E-state index contributed by atoms with van der Waals surface area (Å²) >= 11 is 0. The first-order valence-corrected chi connectivity index (χ1v) is 8.45. The van der Waals surface area contributed by atoms with E-state index in [1.165, 1.54) is 5.56 Å². The minimum absolute atomic E-state index is 0.500. The van der Waals surface area contributed by atoms with Gasteiger partial charge in [-0.1, -0.05) is 44.2 Å². The van der Waals surface area contributed by atoms with Crippen LogP contribution in [0.1, 0.15) is 31.7 Å². The Kier molecular flexibility index (Phi) is 5.26. The van der Waals surface area contributed by atoms with Crippen LogP contribution in [0.2, 0.25) is 0 Å². The summed E-state index contributed by atoms with van der Waals surface area (Å²) < 4.78 is 5.99. The molecule has 0 aliphatic heterocycles. The molecule has 0 radical (unpaired) electrons. The van der Waals surface area contributed by atoms with Crippen molar-refractivity contribution in [1.82, 2.24) is 9.97 Å². The van der Waals surface area contributed by atoms with Gasteiger partial charge in [0.25, 0.3) is 0 Å². The van der Waals surface area contributed by atoms with Crippen LogP contribution in [0, 0.1) is 0 Å². The topological polar surface area (TPSA) is 47.0 Å². The summed E-state index contributed by atoms with van der Waals surface area (Å²) in [6.07, 6.45) is 2.69. The van der Waals surface area contributed by atoms with E-state index >= 15 is 0 Å². The first-order valence-electron chi connectivity index (χ1n) is 8.45. The fourth-order valence-corrected chi connectivity index (χ4v) is 2.72. The summed E-state index contributed by atoms with van der Waals surface area (Å²) in [6, 6.07) is 16.3. The van der Waals surface area contributed by atoms with Crippen molar-refractivity contribution in [2.24, 2.45) is 0 Å². The van der Waals surface area contributed by atoms with E-state index in [2.05, 4.69) is 41.3 Å². The molecule has 3 aromatic rings. The van der Waals surface area contributed by atoms with Gasteiger partial charge in [0.2, 0.25) is 0 Å². The summed E-state index contributed by atoms with van der Waals surface area (Å²) in [6.45, 7) is 5.71. The second kappa shape index (κ2) is 7.77. The maximum Gasteiger partial charge on any atom is 0.137 e. The van der Waals surface area contributed by atoms with Gasteiger partial charge in [-0.25, -0.2) is 9.97 Å². The molecule has 0 saturated carbocycles. The average molecular weight is 321 g/mol. The molecular formula is C20H23N3O. The Bertz CT molecular complexity index is 798. The van der Waals surface area contributed by atoms with Gasteiger partial charge in [-0.3, -0.25) is 0 Å². The number of anilines is 1. The molecule has 0 aliphatic carbocycles. The molecule has 0 spiro atoms. The van der Waals surface area contributed by atoms with Crippen molar-refractivity contribution in [3.63, 3.8) is 0 Å². The lowest BCUT2D eigenvalue weighted by Crippen LogP contribution is -2.13. The summed E-state index contributed by atoms with van der Waals surface area (Å²) in [5.74, 6) is 2.32. The van der Waals surface area contributed by atoms with Gasteiger partial charge in [-0.2, -0.15) is 0 Å². The molecule has 2 aromatic carbocycles. The highest BCUT2D eigenvalue weighted by atomic mass is 16.5. The minimum Gasteiger partial charge on any atom is -0.491 e. The van der Waals surface area contributed by atoms with Crippen LogP contribution >= 0.6 is 0 Å². The third-order valence-corrected chi connectivity index (χ3v) is 4.26. The van der Waals surface area contributed by atoms with E-state index in [1.807, 2.05) is 36.4 Å². The van der Waals surface area contributed by atoms with E-state index < -0.39 is 0 Å². The molecule has 1 aromatic heterocycles. The van der Waals surface area contributed by atoms with E-state index in [-0.39, 0.29) is 0 Å². The van der Waals surface area contributed by atoms with Crippen LogP contribution in [0.4, 0.5) is 5.82 Å². The Morgan fingerprint density at radius 1 is 1.04 bits per heavy atom. The third-order valence-electron chi connectivity index (χ3n) is 4.26. The number of benzene rings is 2. The molecule has 124 valence electrons. The second-order valence-electron chi connectivity index (χ2n) is 5.86. The lowest BCUT2D eigenvalue weighted by Gasteiger charge is -2.16. The SMILES string of the molecule is CCC(C)c1ccccc1OCCNc1ncnc2ccccc12. The Hall–Kier alpha value is -2.62. The van der Waals surface area contributed by atoms with Crippen LogP contribution in [0.25, 0.3) is 10.9 Å². The highest BCUT2D eigenvalue weighted by molar-refractivity contribution is 5.88. The van der Waals surface area contributed by atoms with Crippen molar-refractivity contribution in [3.8, 4) is 5.75 Å². The molecule has 1 unspecified atom stereocenters. The largest absolute Gasteiger partial charge is 0.491 e. The number of para-hydroxylation sites is 2. The third kappa shape index (κ3) is 3.65. The van der Waals surface area contributed by atoms with Gasteiger partial charge in [-0.15, -0.1) is 0 Å². The molecule has 0 fully saturated rings. The zero-order chi connectivity index (χ0) is 16.8. The predicted molar refractivity (Wildman–Crippen MR) is 98.7 cm³/mol. The van der Waals surface area contributed by atoms with Crippen molar-refractivity contribution in [1.29, 1.82) is 0 Å². The van der Waals surface area contributed by atoms with Crippen LogP contribution in [0.15, 0.2) is 54.9 Å². The molecule has 0 aliphatic rings. The van der Waals surface area contributed by atoms with Gasteiger partial charge in [0.05, 0.1) is 12.1 Å². The molecule has 4 heteroatoms. The highest BCUT2D eigenvalue weighted by Crippen LogP contribution is 2.28. The maximum absolute atomic E-state index is 5.99. The van der Waals surface area contributed by atoms with Crippen LogP contribution in [-0.2, 0) is 0 Å². The number of nitrogens with one attached hydrogen (secondary N) is 1. The molecule has 24 heavy (non-hydrogen) atoms. The lowest BCUT2D eigenvalue weighted by molar-refractivity contribution is 0.327. The van der Waals surface area contributed by atoms with Crippen molar-refractivity contribution < 1.29 is 4.74 Å². The van der Waals surface area contributed by atoms with E-state index in [0.29, 0.717) is 19.1 Å². The van der Waals surface area contributed by atoms with E-state index in [1.54, 1.807) is 6.33 Å². The number of hydrogen-bond acceptors (Lipinski definition) is 4. The highest BCUT2D eigenvalue weighted by Gasteiger charge is 2.09. The normalized spacial score (nSPS) is 12.1. The van der Waals surface area contributed by atoms with Gasteiger partial charge < -0.3 is 10.1 Å². The standard InChI is InChI=1S/C20H23N3O/c1-3-15(2)16-8-5-7-11-19(16)24-13-12-21-20-17-9-4-6-10-18(17)22-14-23-20/h4-11,14-15H,3,12-13H2,1-2H3,(H,21,22,23). The zero-order valence-electron chi connectivity index (χ0n) is 14.2. The molecule has 0 saturated heterocycles. The number of nitrogens with zero attached hydrogens (tertiary/aromatic N) is 2. The first-order chi connectivity index (χ1) is 11.8.